The van der Waals surface area contributed by atoms with Gasteiger partial charge in [0.25, 0.3) is 5.78 Å². The molecular formula is C8H3F5O2. The van der Waals surface area contributed by atoms with Gasteiger partial charge in [-0.05, 0) is 0 Å². The van der Waals surface area contributed by atoms with Gasteiger partial charge in [-0.1, -0.05) is 0 Å². The lowest BCUT2D eigenvalue weighted by atomic mass is 10.1. The summed E-state index contributed by atoms with van der Waals surface area (Å²) in [6, 6.07) is 0.449. The van der Waals surface area contributed by atoms with Gasteiger partial charge in [0.15, 0.2) is 0 Å². The molecule has 0 aliphatic rings. The van der Waals surface area contributed by atoms with E-state index in [9.17, 15) is 26.7 Å². The summed E-state index contributed by atoms with van der Waals surface area (Å²) in [5, 5.41) is 8.63. The molecule has 0 unspecified atom stereocenters. The molecule has 0 spiro atoms. The van der Waals surface area contributed by atoms with Crippen LogP contribution < -0.4 is 0 Å². The molecule has 1 rings (SSSR count). The molecule has 0 bridgehead atoms. The Morgan fingerprint density at radius 3 is 1.87 bits per heavy atom. The van der Waals surface area contributed by atoms with Crippen LogP contribution in [0.15, 0.2) is 12.1 Å². The third-order valence-corrected chi connectivity index (χ3v) is 1.51. The van der Waals surface area contributed by atoms with Gasteiger partial charge in [0.05, 0.1) is 5.56 Å². The number of carbonyl (C=O) groups is 1. The molecule has 0 heterocycles. The molecular weight excluding hydrogens is 223 g/mol. The van der Waals surface area contributed by atoms with Crippen molar-refractivity contribution in [3.8, 4) is 5.75 Å². The van der Waals surface area contributed by atoms with E-state index in [1.165, 1.54) is 0 Å². The zero-order chi connectivity index (χ0) is 11.8. The Bertz CT molecular complexity index is 387. The van der Waals surface area contributed by atoms with Crippen LogP contribution in [0.25, 0.3) is 0 Å². The summed E-state index contributed by atoms with van der Waals surface area (Å²) in [6.07, 6.45) is -5.36. The molecule has 0 aliphatic carbocycles. The summed E-state index contributed by atoms with van der Waals surface area (Å²) in [7, 11) is 0. The summed E-state index contributed by atoms with van der Waals surface area (Å²) in [5.74, 6) is -7.04. The zero-order valence-electron chi connectivity index (χ0n) is 6.90. The van der Waals surface area contributed by atoms with E-state index < -0.39 is 34.9 Å². The van der Waals surface area contributed by atoms with E-state index in [1.807, 2.05) is 0 Å². The van der Waals surface area contributed by atoms with E-state index in [-0.39, 0.29) is 12.1 Å². The predicted octanol–water partition coefficient (Wildman–Crippen LogP) is 2.42. The average molecular weight is 226 g/mol. The number of carbonyl (C=O) groups excluding carboxylic acids is 1. The fraction of sp³-hybridized carbons (Fsp3) is 0.125. The highest BCUT2D eigenvalue weighted by atomic mass is 19.4. The van der Waals surface area contributed by atoms with Crippen LogP contribution in [0, 0.1) is 11.6 Å². The summed E-state index contributed by atoms with van der Waals surface area (Å²) in [6.45, 7) is 0. The lowest BCUT2D eigenvalue weighted by Crippen LogP contribution is -2.25. The molecule has 0 atom stereocenters. The Kier molecular flexibility index (Phi) is 2.65. The Hall–Kier alpha value is -1.66. The van der Waals surface area contributed by atoms with E-state index >= 15 is 0 Å². The van der Waals surface area contributed by atoms with Crippen molar-refractivity contribution < 1.29 is 31.9 Å². The Morgan fingerprint density at radius 1 is 1.13 bits per heavy atom. The summed E-state index contributed by atoms with van der Waals surface area (Å²) < 4.78 is 61.1. The van der Waals surface area contributed by atoms with Crippen molar-refractivity contribution in [2.45, 2.75) is 6.18 Å². The van der Waals surface area contributed by atoms with Gasteiger partial charge in [-0.25, -0.2) is 8.78 Å². The average Bonchev–Trinajstić information content (AvgIpc) is 1.99. The first-order valence-electron chi connectivity index (χ1n) is 3.53. The molecule has 2 nitrogen and oxygen atoms in total. The Morgan fingerprint density at radius 2 is 1.53 bits per heavy atom. The molecule has 0 amide bonds. The molecule has 82 valence electrons. The number of rotatable bonds is 1. The van der Waals surface area contributed by atoms with Gasteiger partial charge >= 0.3 is 6.18 Å². The number of aromatic hydroxyl groups is 1. The van der Waals surface area contributed by atoms with Gasteiger partial charge in [0.2, 0.25) is 0 Å². The van der Waals surface area contributed by atoms with Gasteiger partial charge < -0.3 is 5.11 Å². The van der Waals surface area contributed by atoms with Crippen molar-refractivity contribution in [3.63, 3.8) is 0 Å². The Labute approximate surface area is 79.9 Å². The molecule has 1 aromatic rings. The molecule has 7 heteroatoms. The molecule has 1 N–H and O–H groups in total. The summed E-state index contributed by atoms with van der Waals surface area (Å²) >= 11 is 0. The standard InChI is InChI=1S/C8H3F5O2/c9-4-1-3(14)2-5(10)6(4)7(15)8(11,12)13/h1-2,14H. The minimum Gasteiger partial charge on any atom is -0.508 e. The zero-order valence-corrected chi connectivity index (χ0v) is 6.90. The predicted molar refractivity (Wildman–Crippen MR) is 38.4 cm³/mol. The van der Waals surface area contributed by atoms with Gasteiger partial charge in [0, 0.05) is 12.1 Å². The smallest absolute Gasteiger partial charge is 0.455 e. The normalized spacial score (nSPS) is 11.5. The van der Waals surface area contributed by atoms with Gasteiger partial charge in [-0.2, -0.15) is 13.2 Å². The topological polar surface area (TPSA) is 37.3 Å². The lowest BCUT2D eigenvalue weighted by molar-refractivity contribution is -0.0890. The minimum absolute atomic E-state index is 0.224. The maximum Gasteiger partial charge on any atom is 0.455 e. The number of benzene rings is 1. The highest BCUT2D eigenvalue weighted by Gasteiger charge is 2.42. The second kappa shape index (κ2) is 3.48. The number of hydrogen-bond donors (Lipinski definition) is 1. The van der Waals surface area contributed by atoms with Gasteiger partial charge in [0.1, 0.15) is 17.4 Å². The number of hydrogen-bond acceptors (Lipinski definition) is 2. The molecule has 15 heavy (non-hydrogen) atoms. The lowest BCUT2D eigenvalue weighted by Gasteiger charge is -2.07. The molecule has 0 aromatic heterocycles. The Balaban J connectivity index is 3.33. The van der Waals surface area contributed by atoms with Gasteiger partial charge in [-0.3, -0.25) is 4.79 Å². The molecule has 0 radical (unpaired) electrons. The van der Waals surface area contributed by atoms with Crippen molar-refractivity contribution >= 4 is 5.78 Å². The third kappa shape index (κ3) is 2.23. The van der Waals surface area contributed by atoms with Crippen molar-refractivity contribution in [3.05, 3.63) is 29.3 Å². The first kappa shape index (κ1) is 11.4. The first-order chi connectivity index (χ1) is 6.73. The van der Waals surface area contributed by atoms with E-state index in [4.69, 9.17) is 5.11 Å². The molecule has 0 aliphatic heterocycles. The van der Waals surface area contributed by atoms with E-state index in [1.54, 1.807) is 0 Å². The fourth-order valence-corrected chi connectivity index (χ4v) is 0.918. The number of phenolic OH excluding ortho intramolecular Hbond substituents is 1. The quantitative estimate of drug-likeness (QED) is 0.589. The largest absolute Gasteiger partial charge is 0.508 e. The maximum absolute atomic E-state index is 12.8. The number of halogens is 5. The highest BCUT2D eigenvalue weighted by Crippen LogP contribution is 2.27. The van der Waals surface area contributed by atoms with Crippen LogP contribution in [-0.4, -0.2) is 17.1 Å². The second-order valence-corrected chi connectivity index (χ2v) is 2.61. The van der Waals surface area contributed by atoms with Crippen LogP contribution in [0.2, 0.25) is 0 Å². The number of phenols is 1. The van der Waals surface area contributed by atoms with Crippen molar-refractivity contribution in [1.29, 1.82) is 0 Å². The summed E-state index contributed by atoms with van der Waals surface area (Å²) in [4.78, 5) is 10.5. The minimum atomic E-state index is -5.36. The van der Waals surface area contributed by atoms with Crippen molar-refractivity contribution in [1.82, 2.24) is 0 Å². The van der Waals surface area contributed by atoms with Crippen molar-refractivity contribution in [2.24, 2.45) is 0 Å². The SMILES string of the molecule is O=C(c1c(F)cc(O)cc1F)C(F)(F)F. The van der Waals surface area contributed by atoms with Crippen LogP contribution in [0.5, 0.6) is 5.75 Å². The van der Waals surface area contributed by atoms with Crippen LogP contribution >= 0.6 is 0 Å². The van der Waals surface area contributed by atoms with Crippen molar-refractivity contribution in [2.75, 3.05) is 0 Å². The summed E-state index contributed by atoms with van der Waals surface area (Å²) in [5.41, 5.74) is -1.72. The van der Waals surface area contributed by atoms with Crippen LogP contribution in [-0.2, 0) is 0 Å². The number of alkyl halides is 3. The van der Waals surface area contributed by atoms with Crippen LogP contribution in [0.4, 0.5) is 22.0 Å². The third-order valence-electron chi connectivity index (χ3n) is 1.51. The van der Waals surface area contributed by atoms with Crippen LogP contribution in [0.1, 0.15) is 10.4 Å². The van der Waals surface area contributed by atoms with Gasteiger partial charge in [-0.15, -0.1) is 0 Å². The molecule has 0 saturated carbocycles. The van der Waals surface area contributed by atoms with E-state index in [2.05, 4.69) is 0 Å². The maximum atomic E-state index is 12.8. The van der Waals surface area contributed by atoms with E-state index in [0.717, 1.165) is 0 Å². The molecule has 0 saturated heterocycles. The highest BCUT2D eigenvalue weighted by molar-refractivity contribution is 6.00. The van der Waals surface area contributed by atoms with Crippen LogP contribution in [0.3, 0.4) is 0 Å². The molecule has 0 fully saturated rings. The monoisotopic (exact) mass is 226 g/mol. The van der Waals surface area contributed by atoms with E-state index in [0.29, 0.717) is 0 Å². The number of ketones is 1. The second-order valence-electron chi connectivity index (χ2n) is 2.61. The number of Topliss-reactive ketones (excluding diaryl/α,β-unsaturated/α-hetero) is 1. The first-order valence-corrected chi connectivity index (χ1v) is 3.53. The molecule has 1 aromatic carbocycles. The fourth-order valence-electron chi connectivity index (χ4n) is 0.918.